The lowest BCUT2D eigenvalue weighted by atomic mass is 10.2. The minimum absolute atomic E-state index is 0.916. The number of rotatable bonds is 2. The van der Waals surface area contributed by atoms with Crippen LogP contribution in [-0.2, 0) is 14.1 Å². The molecule has 126 valence electrons. The second-order valence-electron chi connectivity index (χ2n) is 6.50. The van der Waals surface area contributed by atoms with Crippen LogP contribution in [0.25, 0.3) is 44.8 Å². The van der Waals surface area contributed by atoms with Crippen LogP contribution in [0.15, 0.2) is 67.0 Å². The monoisotopic (exact) mass is 340 g/mol. The molecular weight excluding hydrogens is 322 g/mol. The van der Waals surface area contributed by atoms with Crippen LogP contribution in [-0.4, -0.2) is 19.5 Å². The summed E-state index contributed by atoms with van der Waals surface area (Å²) in [6, 6.07) is 18.6. The Morgan fingerprint density at radius 3 is 2.58 bits per heavy atom. The highest BCUT2D eigenvalue weighted by atomic mass is 15.1. The largest absolute Gasteiger partial charge is 0.327 e. The van der Waals surface area contributed by atoms with E-state index in [0.717, 1.165) is 44.8 Å². The van der Waals surface area contributed by atoms with Gasteiger partial charge in [0.15, 0.2) is 11.0 Å². The van der Waals surface area contributed by atoms with Gasteiger partial charge in [-0.1, -0.05) is 24.3 Å². The predicted octanol–water partition coefficient (Wildman–Crippen LogP) is 3.61. The maximum Gasteiger partial charge on any atom is 0.288 e. The number of hydrogen-bond donors (Lipinski definition) is 1. The topological polar surface area (TPSA) is 50.4 Å². The molecule has 0 unspecified atom stereocenters. The quantitative estimate of drug-likeness (QED) is 0.499. The highest BCUT2D eigenvalue weighted by Crippen LogP contribution is 2.26. The summed E-state index contributed by atoms with van der Waals surface area (Å²) in [5.41, 5.74) is 6.41. The van der Waals surface area contributed by atoms with Crippen LogP contribution >= 0.6 is 0 Å². The fourth-order valence-corrected chi connectivity index (χ4v) is 3.56. The van der Waals surface area contributed by atoms with Gasteiger partial charge in [0, 0.05) is 25.0 Å². The molecule has 5 nitrogen and oxygen atoms in total. The first kappa shape index (κ1) is 14.8. The zero-order valence-electron chi connectivity index (χ0n) is 14.6. The SMILES string of the molecule is Cn1c(-c2cncc(-c3[nH]c4ccccc4[n+]3C)c2)nc2ccccc21. The van der Waals surface area contributed by atoms with Crippen molar-refractivity contribution in [2.24, 2.45) is 14.1 Å². The molecule has 5 heteroatoms. The fourth-order valence-electron chi connectivity index (χ4n) is 3.56. The summed E-state index contributed by atoms with van der Waals surface area (Å²) in [6.07, 6.45) is 3.75. The first-order valence-corrected chi connectivity index (χ1v) is 8.56. The second kappa shape index (κ2) is 5.52. The number of nitrogens with zero attached hydrogens (tertiary/aromatic N) is 4. The van der Waals surface area contributed by atoms with Crippen molar-refractivity contribution in [2.45, 2.75) is 0 Å². The van der Waals surface area contributed by atoms with Gasteiger partial charge in [-0.25, -0.2) is 14.5 Å². The summed E-state index contributed by atoms with van der Waals surface area (Å²) >= 11 is 0. The van der Waals surface area contributed by atoms with Crippen molar-refractivity contribution in [3.63, 3.8) is 0 Å². The maximum atomic E-state index is 4.79. The zero-order chi connectivity index (χ0) is 17.7. The summed E-state index contributed by atoms with van der Waals surface area (Å²) in [4.78, 5) is 12.8. The molecule has 3 aromatic heterocycles. The van der Waals surface area contributed by atoms with E-state index in [2.05, 4.69) is 50.4 Å². The molecular formula is C21H18N5+. The third-order valence-electron chi connectivity index (χ3n) is 4.91. The van der Waals surface area contributed by atoms with E-state index in [1.165, 1.54) is 0 Å². The summed E-state index contributed by atoms with van der Waals surface area (Å²) in [7, 11) is 4.11. The van der Waals surface area contributed by atoms with Crippen molar-refractivity contribution in [3.05, 3.63) is 67.0 Å². The van der Waals surface area contributed by atoms with Crippen LogP contribution in [0.4, 0.5) is 0 Å². The molecule has 3 heterocycles. The van der Waals surface area contributed by atoms with E-state index in [1.807, 2.05) is 49.8 Å². The van der Waals surface area contributed by atoms with E-state index in [9.17, 15) is 0 Å². The van der Waals surface area contributed by atoms with Gasteiger partial charge < -0.3 is 4.57 Å². The number of hydrogen-bond acceptors (Lipinski definition) is 2. The lowest BCUT2D eigenvalue weighted by Gasteiger charge is -2.03. The number of pyridine rings is 1. The molecule has 0 radical (unpaired) electrons. The average molecular weight is 340 g/mol. The van der Waals surface area contributed by atoms with Crippen molar-refractivity contribution >= 4 is 22.1 Å². The van der Waals surface area contributed by atoms with Crippen molar-refractivity contribution in [1.82, 2.24) is 19.5 Å². The molecule has 26 heavy (non-hydrogen) atoms. The third-order valence-corrected chi connectivity index (χ3v) is 4.91. The van der Waals surface area contributed by atoms with Crippen LogP contribution in [0.3, 0.4) is 0 Å². The summed E-state index contributed by atoms with van der Waals surface area (Å²) in [5, 5.41) is 0. The molecule has 0 bridgehead atoms. The molecule has 1 N–H and O–H groups in total. The normalized spacial score (nSPS) is 11.5. The Balaban J connectivity index is 1.69. The number of H-pyrrole nitrogens is 1. The van der Waals surface area contributed by atoms with E-state index < -0.39 is 0 Å². The number of aromatic nitrogens is 5. The summed E-state index contributed by atoms with van der Waals surface area (Å²) < 4.78 is 4.27. The lowest BCUT2D eigenvalue weighted by Crippen LogP contribution is -2.29. The molecule has 5 rings (SSSR count). The van der Waals surface area contributed by atoms with E-state index in [-0.39, 0.29) is 0 Å². The summed E-state index contributed by atoms with van der Waals surface area (Å²) in [6.45, 7) is 0. The standard InChI is InChI=1S/C21H17N5/c1-25-18-9-5-3-7-16(18)23-20(25)14-11-15(13-22-12-14)21-24-17-8-4-6-10-19(17)26(21)2/h3-13H,1-2H3/p+1. The third kappa shape index (κ3) is 2.14. The van der Waals surface area contributed by atoms with Gasteiger partial charge in [-0.2, -0.15) is 0 Å². The first-order chi connectivity index (χ1) is 12.7. The Morgan fingerprint density at radius 1 is 0.962 bits per heavy atom. The first-order valence-electron chi connectivity index (χ1n) is 8.56. The van der Waals surface area contributed by atoms with E-state index in [1.54, 1.807) is 0 Å². The molecule has 0 fully saturated rings. The Hall–Kier alpha value is -3.47. The average Bonchev–Trinajstić information content (AvgIpc) is 3.20. The highest BCUT2D eigenvalue weighted by molar-refractivity contribution is 5.81. The van der Waals surface area contributed by atoms with Gasteiger partial charge in [0.05, 0.1) is 23.6 Å². The van der Waals surface area contributed by atoms with Crippen LogP contribution in [0, 0.1) is 0 Å². The van der Waals surface area contributed by atoms with E-state index in [4.69, 9.17) is 4.98 Å². The van der Waals surface area contributed by atoms with Crippen LogP contribution < -0.4 is 4.57 Å². The number of nitrogens with one attached hydrogen (secondary N) is 1. The minimum Gasteiger partial charge on any atom is -0.327 e. The van der Waals surface area contributed by atoms with Gasteiger partial charge >= 0.3 is 0 Å². The molecule has 0 amide bonds. The predicted molar refractivity (Wildman–Crippen MR) is 102 cm³/mol. The molecule has 0 aliphatic rings. The molecule has 0 aliphatic heterocycles. The molecule has 5 aromatic rings. The Bertz CT molecular complexity index is 1170. The molecule has 0 aliphatic carbocycles. The Morgan fingerprint density at radius 2 is 1.73 bits per heavy atom. The highest BCUT2D eigenvalue weighted by Gasteiger charge is 2.18. The van der Waals surface area contributed by atoms with Crippen LogP contribution in [0.5, 0.6) is 0 Å². The minimum atomic E-state index is 0.916. The number of imidazole rings is 2. The van der Waals surface area contributed by atoms with Gasteiger partial charge in [0.1, 0.15) is 5.82 Å². The number of aromatic amines is 1. The van der Waals surface area contributed by atoms with Gasteiger partial charge in [0.2, 0.25) is 0 Å². The van der Waals surface area contributed by atoms with Gasteiger partial charge in [-0.05, 0) is 30.3 Å². The smallest absolute Gasteiger partial charge is 0.288 e. The van der Waals surface area contributed by atoms with Crippen molar-refractivity contribution < 1.29 is 4.57 Å². The molecule has 0 spiro atoms. The molecule has 0 saturated carbocycles. The van der Waals surface area contributed by atoms with Gasteiger partial charge in [0.25, 0.3) is 5.82 Å². The molecule has 0 atom stereocenters. The van der Waals surface area contributed by atoms with E-state index in [0.29, 0.717) is 0 Å². The Labute approximate surface area is 150 Å². The summed E-state index contributed by atoms with van der Waals surface area (Å²) in [5.74, 6) is 1.94. The van der Waals surface area contributed by atoms with Crippen LogP contribution in [0.2, 0.25) is 0 Å². The Kier molecular flexibility index (Phi) is 3.15. The zero-order valence-corrected chi connectivity index (χ0v) is 14.6. The van der Waals surface area contributed by atoms with Gasteiger partial charge in [-0.15, -0.1) is 0 Å². The molecule has 2 aromatic carbocycles. The second-order valence-corrected chi connectivity index (χ2v) is 6.50. The van der Waals surface area contributed by atoms with Crippen molar-refractivity contribution in [1.29, 1.82) is 0 Å². The fraction of sp³-hybridized carbons (Fsp3) is 0.0952. The number of aryl methyl sites for hydroxylation is 2. The van der Waals surface area contributed by atoms with Crippen molar-refractivity contribution in [2.75, 3.05) is 0 Å². The maximum absolute atomic E-state index is 4.79. The van der Waals surface area contributed by atoms with Gasteiger partial charge in [-0.3, -0.25) is 4.98 Å². The van der Waals surface area contributed by atoms with Crippen molar-refractivity contribution in [3.8, 4) is 22.8 Å². The number of benzene rings is 2. The van der Waals surface area contributed by atoms with E-state index >= 15 is 0 Å². The number of para-hydroxylation sites is 4. The lowest BCUT2D eigenvalue weighted by molar-refractivity contribution is -0.633. The number of fused-ring (bicyclic) bond motifs is 2. The van der Waals surface area contributed by atoms with Crippen LogP contribution in [0.1, 0.15) is 0 Å². The molecule has 0 saturated heterocycles.